The van der Waals surface area contributed by atoms with Gasteiger partial charge in [-0.1, -0.05) is 28.1 Å². The molecule has 0 saturated heterocycles. The van der Waals surface area contributed by atoms with Crippen LogP contribution in [-0.2, 0) is 11.4 Å². The van der Waals surface area contributed by atoms with Crippen molar-refractivity contribution in [2.24, 2.45) is 0 Å². The fourth-order valence-corrected chi connectivity index (χ4v) is 3.55. The fraction of sp³-hybridized carbons (Fsp3) is 0.571. The monoisotopic (exact) mass is 385 g/mol. The molecule has 120 valence electrons. The summed E-state index contributed by atoms with van der Waals surface area (Å²) in [5.74, 6) is 0. The summed E-state index contributed by atoms with van der Waals surface area (Å²) in [6, 6.07) is 4.05. The normalized spacial score (nSPS) is 16.1. The Labute approximate surface area is 135 Å². The zero-order chi connectivity index (χ0) is 16.4. The van der Waals surface area contributed by atoms with Crippen LogP contribution >= 0.6 is 15.9 Å². The Hall–Kier alpha value is -0.240. The Morgan fingerprint density at radius 3 is 2.00 bits per heavy atom. The lowest BCUT2D eigenvalue weighted by atomic mass is 10.1. The predicted molar refractivity (Wildman–Crippen MR) is 83.2 cm³/mol. The predicted octanol–water partition coefficient (Wildman–Crippen LogP) is 4.84. The summed E-state index contributed by atoms with van der Waals surface area (Å²) in [7, 11) is 0. The maximum atomic E-state index is 13.5. The number of hydrogen-bond acceptors (Lipinski definition) is 2. The smallest absolute Gasteiger partial charge is 0.412 e. The molecule has 21 heavy (non-hydrogen) atoms. The molecule has 0 aliphatic carbocycles. The molecule has 0 heterocycles. The quantitative estimate of drug-likeness (QED) is 0.693. The average Bonchev–Trinajstić information content (AvgIpc) is 2.34. The van der Waals surface area contributed by atoms with Crippen LogP contribution < -0.4 is 0 Å². The summed E-state index contributed by atoms with van der Waals surface area (Å²) in [5.41, 5.74) is 0.0881. The van der Waals surface area contributed by atoms with Gasteiger partial charge in [-0.25, -0.2) is 0 Å². The van der Waals surface area contributed by atoms with Crippen molar-refractivity contribution >= 4 is 27.3 Å². The van der Waals surface area contributed by atoms with E-state index in [-0.39, 0.29) is 12.1 Å². The molecule has 0 aliphatic rings. The molecule has 1 aromatic carbocycles. The maximum Gasteiger partial charge on any atom is 0.412 e. The Kier molecular flexibility index (Phi) is 6.17. The second-order valence-electron chi connectivity index (χ2n) is 5.59. The topological polar surface area (TPSA) is 26.3 Å². The van der Waals surface area contributed by atoms with Gasteiger partial charge in [-0.05, 0) is 45.4 Å². The Morgan fingerprint density at radius 1 is 1.19 bits per heavy atom. The fourth-order valence-electron chi connectivity index (χ4n) is 1.91. The van der Waals surface area contributed by atoms with Crippen molar-refractivity contribution in [3.8, 4) is 0 Å². The Bertz CT molecular complexity index is 459. The van der Waals surface area contributed by atoms with Gasteiger partial charge in [0.2, 0.25) is 0 Å². The van der Waals surface area contributed by atoms with Gasteiger partial charge in [0.15, 0.2) is 6.04 Å². The highest BCUT2D eigenvalue weighted by Crippen LogP contribution is 2.41. The van der Waals surface area contributed by atoms with E-state index >= 15 is 0 Å². The highest BCUT2D eigenvalue weighted by Gasteiger charge is 2.51. The van der Waals surface area contributed by atoms with E-state index in [1.54, 1.807) is 39.8 Å². The minimum atomic E-state index is -4.50. The van der Waals surface area contributed by atoms with Gasteiger partial charge in [-0.15, -0.1) is 4.31 Å². The van der Waals surface area contributed by atoms with Crippen LogP contribution in [0.15, 0.2) is 28.7 Å². The lowest BCUT2D eigenvalue weighted by Gasteiger charge is -2.37. The molecule has 0 bridgehead atoms. The zero-order valence-electron chi connectivity index (χ0n) is 12.4. The third-order valence-corrected chi connectivity index (χ3v) is 5.30. The molecule has 1 rings (SSSR count). The van der Waals surface area contributed by atoms with Crippen molar-refractivity contribution in [2.45, 2.75) is 44.7 Å². The van der Waals surface area contributed by atoms with Crippen molar-refractivity contribution in [1.82, 2.24) is 4.31 Å². The molecular weight excluding hydrogens is 367 g/mol. The number of hydrogen-bond donors (Lipinski definition) is 0. The van der Waals surface area contributed by atoms with Gasteiger partial charge >= 0.3 is 6.18 Å². The average molecular weight is 386 g/mol. The zero-order valence-corrected chi connectivity index (χ0v) is 14.8. The van der Waals surface area contributed by atoms with Crippen LogP contribution in [0.4, 0.5) is 13.2 Å². The summed E-state index contributed by atoms with van der Waals surface area (Å²) >= 11 is 1.45. The van der Waals surface area contributed by atoms with Crippen LogP contribution in [0.5, 0.6) is 0 Å². The van der Waals surface area contributed by atoms with Gasteiger partial charge in [0.05, 0.1) is 0 Å². The summed E-state index contributed by atoms with van der Waals surface area (Å²) in [4.78, 5) is 0. The number of rotatable bonds is 4. The second kappa shape index (κ2) is 6.89. The van der Waals surface area contributed by atoms with E-state index in [9.17, 15) is 17.7 Å². The van der Waals surface area contributed by atoms with Crippen LogP contribution in [0.2, 0.25) is 0 Å². The summed E-state index contributed by atoms with van der Waals surface area (Å²) in [5, 5.41) is 0. The van der Waals surface area contributed by atoms with Crippen molar-refractivity contribution < 1.29 is 17.7 Å². The number of benzene rings is 1. The van der Waals surface area contributed by atoms with Crippen LogP contribution in [-0.4, -0.2) is 26.3 Å². The molecule has 2 nitrogen and oxygen atoms in total. The Morgan fingerprint density at radius 2 is 1.67 bits per heavy atom. The first-order valence-corrected chi connectivity index (χ1v) is 8.39. The third-order valence-electron chi connectivity index (χ3n) is 2.83. The van der Waals surface area contributed by atoms with Crippen LogP contribution in [0.1, 0.15) is 39.3 Å². The molecule has 0 N–H and O–H groups in total. The molecule has 7 heteroatoms. The maximum absolute atomic E-state index is 13.5. The molecule has 0 amide bonds. The molecule has 0 saturated carbocycles. The van der Waals surface area contributed by atoms with Crippen molar-refractivity contribution in [2.75, 3.05) is 6.54 Å². The number of halogens is 4. The molecule has 1 unspecified atom stereocenters. The van der Waals surface area contributed by atoms with Crippen molar-refractivity contribution in [3.63, 3.8) is 0 Å². The number of alkyl halides is 3. The first kappa shape index (κ1) is 18.8. The highest BCUT2D eigenvalue weighted by atomic mass is 79.9. The van der Waals surface area contributed by atoms with Crippen molar-refractivity contribution in [1.29, 1.82) is 0 Å². The first-order chi connectivity index (χ1) is 9.48. The van der Waals surface area contributed by atoms with Gasteiger partial charge in [0.25, 0.3) is 0 Å². The first-order valence-electron chi connectivity index (χ1n) is 6.49. The summed E-state index contributed by atoms with van der Waals surface area (Å²) < 4.78 is 53.9. The summed E-state index contributed by atoms with van der Waals surface area (Å²) in [6.45, 7) is 6.63. The molecule has 0 fully saturated rings. The lowest BCUT2D eigenvalue weighted by molar-refractivity contribution is -0.173. The van der Waals surface area contributed by atoms with Gasteiger partial charge in [-0.2, -0.15) is 13.2 Å². The lowest BCUT2D eigenvalue weighted by Crippen LogP contribution is -2.48. The van der Waals surface area contributed by atoms with E-state index in [2.05, 4.69) is 15.9 Å². The standard InChI is InChI=1S/C14H19BrF3NOS/c1-5-19(21(20)13(2,3)4)12(14(16,17)18)10-6-8-11(15)9-7-10/h6-9,12H,5H2,1-4H3/t12-,21?/m0/s1. The van der Waals surface area contributed by atoms with E-state index in [4.69, 9.17) is 0 Å². The van der Waals surface area contributed by atoms with Crippen molar-refractivity contribution in [3.05, 3.63) is 34.3 Å². The van der Waals surface area contributed by atoms with Gasteiger partial charge < -0.3 is 4.55 Å². The van der Waals surface area contributed by atoms with E-state index in [1.165, 1.54) is 12.1 Å². The van der Waals surface area contributed by atoms with Gasteiger partial charge in [-0.3, -0.25) is 0 Å². The molecule has 2 atom stereocenters. The number of nitrogens with zero attached hydrogens (tertiary/aromatic N) is 1. The molecule has 0 aromatic heterocycles. The minimum absolute atomic E-state index is 0.0458. The molecule has 0 radical (unpaired) electrons. The van der Waals surface area contributed by atoms with E-state index < -0.39 is 28.3 Å². The van der Waals surface area contributed by atoms with E-state index in [1.807, 2.05) is 0 Å². The minimum Gasteiger partial charge on any atom is -0.597 e. The van der Waals surface area contributed by atoms with Crippen LogP contribution in [0.3, 0.4) is 0 Å². The SMILES string of the molecule is CCN([C@@H](c1ccc(Br)cc1)C(F)(F)F)[S+]([O-])C(C)(C)C. The molecule has 1 aromatic rings. The largest absolute Gasteiger partial charge is 0.597 e. The molecule has 0 spiro atoms. The highest BCUT2D eigenvalue weighted by molar-refractivity contribution is 9.10. The third kappa shape index (κ3) is 4.87. The van der Waals surface area contributed by atoms with Gasteiger partial charge in [0, 0.05) is 22.4 Å². The second-order valence-corrected chi connectivity index (χ2v) is 8.70. The molecule has 0 aliphatic heterocycles. The summed E-state index contributed by atoms with van der Waals surface area (Å²) in [6.07, 6.45) is -4.50. The van der Waals surface area contributed by atoms with Crippen LogP contribution in [0, 0.1) is 0 Å². The molecular formula is C14H19BrF3NOS. The Balaban J connectivity index is 3.27. The van der Waals surface area contributed by atoms with E-state index in [0.717, 1.165) is 4.31 Å². The van der Waals surface area contributed by atoms with Gasteiger partial charge in [0.1, 0.15) is 4.75 Å². The van der Waals surface area contributed by atoms with Crippen LogP contribution in [0.25, 0.3) is 0 Å². The van der Waals surface area contributed by atoms with E-state index in [0.29, 0.717) is 4.47 Å².